The van der Waals surface area contributed by atoms with Crippen LogP contribution in [0.1, 0.15) is 25.3 Å². The van der Waals surface area contributed by atoms with E-state index in [0.29, 0.717) is 23.3 Å². The van der Waals surface area contributed by atoms with Crippen LogP contribution in [0.4, 0.5) is 5.82 Å². The normalized spacial score (nSPS) is 23.9. The first-order valence-corrected chi connectivity index (χ1v) is 7.03. The summed E-state index contributed by atoms with van der Waals surface area (Å²) in [5, 5.41) is 9.24. The summed E-state index contributed by atoms with van der Waals surface area (Å²) in [6.07, 6.45) is 4.56. The molecule has 0 unspecified atom stereocenters. The van der Waals surface area contributed by atoms with E-state index < -0.39 is 0 Å². The van der Waals surface area contributed by atoms with Crippen LogP contribution in [-0.2, 0) is 0 Å². The number of aliphatic hydroxyl groups is 1. The highest BCUT2D eigenvalue weighted by Gasteiger charge is 2.28. The minimum atomic E-state index is 0.261. The molecule has 3 rings (SSSR count). The predicted octanol–water partition coefficient (Wildman–Crippen LogP) is 1.35. The zero-order valence-corrected chi connectivity index (χ0v) is 11.9. The third-order valence-corrected chi connectivity index (χ3v) is 4.36. The van der Waals surface area contributed by atoms with Gasteiger partial charge in [-0.25, -0.2) is 15.0 Å². The second kappa shape index (κ2) is 4.61. The molecule has 2 heterocycles. The summed E-state index contributed by atoms with van der Waals surface area (Å²) in [6.45, 7) is 0.261. The van der Waals surface area contributed by atoms with Gasteiger partial charge in [0.25, 0.3) is 0 Å². The Morgan fingerprint density at radius 1 is 1.44 bits per heavy atom. The quantitative estimate of drug-likeness (QED) is 0.624. The van der Waals surface area contributed by atoms with E-state index in [1.165, 1.54) is 6.33 Å². The van der Waals surface area contributed by atoms with Crippen molar-refractivity contribution in [1.29, 1.82) is 0 Å². The highest BCUT2D eigenvalue weighted by molar-refractivity contribution is 14.1. The van der Waals surface area contributed by atoms with Gasteiger partial charge in [0.05, 0.1) is 0 Å². The molecule has 2 atom stereocenters. The van der Waals surface area contributed by atoms with E-state index in [-0.39, 0.29) is 6.61 Å². The molecule has 1 aliphatic rings. The zero-order chi connectivity index (χ0) is 12.7. The average Bonchev–Trinajstić information content (AvgIpc) is 2.93. The van der Waals surface area contributed by atoms with E-state index in [1.54, 1.807) is 0 Å². The molecule has 0 spiro atoms. The summed E-state index contributed by atoms with van der Waals surface area (Å²) in [4.78, 5) is 12.7. The summed E-state index contributed by atoms with van der Waals surface area (Å²) in [5.41, 5.74) is 7.30. The Balaban J connectivity index is 2.07. The van der Waals surface area contributed by atoms with Crippen molar-refractivity contribution in [2.45, 2.75) is 25.3 Å². The highest BCUT2D eigenvalue weighted by atomic mass is 127. The van der Waals surface area contributed by atoms with Gasteiger partial charge < -0.3 is 15.4 Å². The number of halogens is 1. The van der Waals surface area contributed by atoms with Gasteiger partial charge in [0, 0.05) is 35.2 Å². The molecule has 1 saturated carbocycles. The molecular formula is C11H14IN5O. The van der Waals surface area contributed by atoms with Crippen molar-refractivity contribution >= 4 is 39.6 Å². The van der Waals surface area contributed by atoms with Crippen LogP contribution in [0.3, 0.4) is 0 Å². The summed E-state index contributed by atoms with van der Waals surface area (Å²) in [6, 6.07) is 0.355. The minimum Gasteiger partial charge on any atom is -0.396 e. The summed E-state index contributed by atoms with van der Waals surface area (Å²) in [5.74, 6) is 0.816. The number of fused-ring (bicyclic) bond motifs is 1. The maximum atomic E-state index is 9.24. The van der Waals surface area contributed by atoms with Crippen molar-refractivity contribution < 1.29 is 5.11 Å². The SMILES string of the molecule is Nc1ncnc2c1nc(I)n2[C@H]1CC[C@@H](CO)C1. The van der Waals surface area contributed by atoms with Crippen molar-refractivity contribution in [2.24, 2.45) is 5.92 Å². The van der Waals surface area contributed by atoms with Crippen molar-refractivity contribution in [3.05, 3.63) is 10.2 Å². The molecule has 0 aromatic carbocycles. The smallest absolute Gasteiger partial charge is 0.173 e. The lowest BCUT2D eigenvalue weighted by atomic mass is 10.1. The summed E-state index contributed by atoms with van der Waals surface area (Å²) >= 11 is 2.21. The van der Waals surface area contributed by atoms with Gasteiger partial charge in [-0.2, -0.15) is 0 Å². The van der Waals surface area contributed by atoms with Gasteiger partial charge in [0.1, 0.15) is 6.33 Å². The van der Waals surface area contributed by atoms with Crippen LogP contribution in [0.15, 0.2) is 6.33 Å². The van der Waals surface area contributed by atoms with Gasteiger partial charge in [0.2, 0.25) is 0 Å². The van der Waals surface area contributed by atoms with Gasteiger partial charge in [-0.15, -0.1) is 0 Å². The number of hydrogen-bond donors (Lipinski definition) is 2. The lowest BCUT2D eigenvalue weighted by Gasteiger charge is -2.13. The number of hydrogen-bond acceptors (Lipinski definition) is 5. The van der Waals surface area contributed by atoms with Gasteiger partial charge in [-0.3, -0.25) is 0 Å². The lowest BCUT2D eigenvalue weighted by molar-refractivity contribution is 0.226. The lowest BCUT2D eigenvalue weighted by Crippen LogP contribution is -2.09. The fourth-order valence-electron chi connectivity index (χ4n) is 2.67. The maximum Gasteiger partial charge on any atom is 0.173 e. The molecule has 0 saturated heterocycles. The van der Waals surface area contributed by atoms with E-state index >= 15 is 0 Å². The van der Waals surface area contributed by atoms with Crippen molar-refractivity contribution in [1.82, 2.24) is 19.5 Å². The van der Waals surface area contributed by atoms with Crippen LogP contribution in [0, 0.1) is 9.75 Å². The molecule has 0 aliphatic heterocycles. The van der Waals surface area contributed by atoms with E-state index in [2.05, 4.69) is 42.1 Å². The molecule has 0 amide bonds. The van der Waals surface area contributed by atoms with Crippen LogP contribution in [0.5, 0.6) is 0 Å². The largest absolute Gasteiger partial charge is 0.396 e. The predicted molar refractivity (Wildman–Crippen MR) is 75.9 cm³/mol. The number of aromatic nitrogens is 4. The number of nitrogen functional groups attached to an aromatic ring is 1. The molecule has 3 N–H and O–H groups in total. The summed E-state index contributed by atoms with van der Waals surface area (Å²) in [7, 11) is 0. The molecule has 96 valence electrons. The standard InChI is InChI=1S/C11H14IN5O/c12-11-16-8-9(13)14-5-15-10(8)17(11)7-2-1-6(3-7)4-18/h5-7,18H,1-4H2,(H2,13,14,15)/t6-,7+/m1/s1. The first-order chi connectivity index (χ1) is 8.70. The Hall–Kier alpha value is -0.960. The molecule has 1 aliphatic carbocycles. The second-order valence-corrected chi connectivity index (χ2v) is 5.66. The number of imidazole rings is 1. The molecule has 6 nitrogen and oxygen atoms in total. The Bertz CT molecular complexity index is 584. The van der Waals surface area contributed by atoms with Crippen molar-refractivity contribution in [2.75, 3.05) is 12.3 Å². The highest BCUT2D eigenvalue weighted by Crippen LogP contribution is 2.37. The number of anilines is 1. The third-order valence-electron chi connectivity index (χ3n) is 3.60. The fourth-order valence-corrected chi connectivity index (χ4v) is 3.54. The molecule has 7 heteroatoms. The van der Waals surface area contributed by atoms with E-state index in [4.69, 9.17) is 5.73 Å². The topological polar surface area (TPSA) is 89.9 Å². The van der Waals surface area contributed by atoms with E-state index in [9.17, 15) is 5.11 Å². The first kappa shape index (κ1) is 12.1. The van der Waals surface area contributed by atoms with Gasteiger partial charge >= 0.3 is 0 Å². The molecule has 2 aromatic heterocycles. The monoisotopic (exact) mass is 359 g/mol. The Morgan fingerprint density at radius 2 is 2.28 bits per heavy atom. The van der Waals surface area contributed by atoms with Crippen molar-refractivity contribution in [3.8, 4) is 0 Å². The maximum absolute atomic E-state index is 9.24. The molecule has 0 radical (unpaired) electrons. The first-order valence-electron chi connectivity index (χ1n) is 5.95. The third kappa shape index (κ3) is 1.85. The van der Waals surface area contributed by atoms with Gasteiger partial charge in [-0.1, -0.05) is 0 Å². The number of rotatable bonds is 2. The minimum absolute atomic E-state index is 0.261. The van der Waals surface area contributed by atoms with Crippen LogP contribution in [-0.4, -0.2) is 31.2 Å². The average molecular weight is 359 g/mol. The van der Waals surface area contributed by atoms with Crippen LogP contribution in [0.2, 0.25) is 0 Å². The summed E-state index contributed by atoms with van der Waals surface area (Å²) < 4.78 is 3.02. The zero-order valence-electron chi connectivity index (χ0n) is 9.75. The Labute approximate surface area is 118 Å². The number of aliphatic hydroxyl groups excluding tert-OH is 1. The van der Waals surface area contributed by atoms with Gasteiger partial charge in [0.15, 0.2) is 20.8 Å². The van der Waals surface area contributed by atoms with E-state index in [0.717, 1.165) is 28.7 Å². The second-order valence-electron chi connectivity index (χ2n) is 4.70. The van der Waals surface area contributed by atoms with Crippen molar-refractivity contribution in [3.63, 3.8) is 0 Å². The molecule has 1 fully saturated rings. The van der Waals surface area contributed by atoms with Gasteiger partial charge in [-0.05, 0) is 25.2 Å². The number of nitrogens with two attached hydrogens (primary N) is 1. The van der Waals surface area contributed by atoms with Crippen LogP contribution in [0.25, 0.3) is 11.2 Å². The van der Waals surface area contributed by atoms with E-state index in [1.807, 2.05) is 0 Å². The number of nitrogens with zero attached hydrogens (tertiary/aromatic N) is 4. The molecule has 2 aromatic rings. The van der Waals surface area contributed by atoms with Crippen LogP contribution >= 0.6 is 22.6 Å². The Kier molecular flexibility index (Phi) is 3.10. The fraction of sp³-hybridized carbons (Fsp3) is 0.545. The Morgan fingerprint density at radius 3 is 3.00 bits per heavy atom. The molecular weight excluding hydrogens is 345 g/mol. The molecule has 0 bridgehead atoms. The molecule has 18 heavy (non-hydrogen) atoms. The van der Waals surface area contributed by atoms with Crippen LogP contribution < -0.4 is 5.73 Å².